The zero-order chi connectivity index (χ0) is 11.7. The van der Waals surface area contributed by atoms with Gasteiger partial charge in [-0.3, -0.25) is 9.89 Å². The van der Waals surface area contributed by atoms with E-state index in [1.807, 2.05) is 6.92 Å². The summed E-state index contributed by atoms with van der Waals surface area (Å²) in [6.07, 6.45) is 0.964. The molecular weight excluding hydrogens is 206 g/mol. The predicted octanol–water partition coefficient (Wildman–Crippen LogP) is -0.0776. The number of rotatable bonds is 2. The van der Waals surface area contributed by atoms with Gasteiger partial charge < -0.3 is 10.6 Å². The molecular formula is C10H17N5O. The number of amides is 1. The van der Waals surface area contributed by atoms with Gasteiger partial charge in [0.15, 0.2) is 0 Å². The Kier molecular flexibility index (Phi) is 2.91. The largest absolute Gasteiger partial charge is 0.333 e. The van der Waals surface area contributed by atoms with E-state index in [9.17, 15) is 4.79 Å². The normalized spacial score (nSPS) is 25.1. The Bertz CT molecular complexity index is 388. The Balaban J connectivity index is 2.11. The lowest BCUT2D eigenvalue weighted by atomic mass is 10.1. The monoisotopic (exact) mass is 223 g/mol. The summed E-state index contributed by atoms with van der Waals surface area (Å²) < 4.78 is 0. The van der Waals surface area contributed by atoms with Gasteiger partial charge in [0.05, 0.1) is 0 Å². The fourth-order valence-electron chi connectivity index (χ4n) is 2.16. The SMILES string of the molecule is Cc1nc(C(=O)N2CC(CN)CC2C)n[nH]1. The molecule has 3 N–H and O–H groups in total. The Labute approximate surface area is 94.2 Å². The van der Waals surface area contributed by atoms with Gasteiger partial charge in [0.1, 0.15) is 5.82 Å². The van der Waals surface area contributed by atoms with Gasteiger partial charge in [0, 0.05) is 12.6 Å². The van der Waals surface area contributed by atoms with Crippen molar-refractivity contribution >= 4 is 5.91 Å². The molecule has 0 aromatic carbocycles. The van der Waals surface area contributed by atoms with Gasteiger partial charge in [-0.2, -0.15) is 0 Å². The molecule has 1 aliphatic rings. The van der Waals surface area contributed by atoms with Gasteiger partial charge in [0.25, 0.3) is 5.91 Å². The van der Waals surface area contributed by atoms with E-state index in [0.717, 1.165) is 6.42 Å². The van der Waals surface area contributed by atoms with E-state index in [2.05, 4.69) is 15.2 Å². The van der Waals surface area contributed by atoms with Gasteiger partial charge in [-0.1, -0.05) is 0 Å². The van der Waals surface area contributed by atoms with Crippen molar-refractivity contribution < 1.29 is 4.79 Å². The van der Waals surface area contributed by atoms with Crippen molar-refractivity contribution in [1.29, 1.82) is 0 Å². The highest BCUT2D eigenvalue weighted by atomic mass is 16.2. The molecule has 1 amide bonds. The van der Waals surface area contributed by atoms with Crippen LogP contribution in [0.3, 0.4) is 0 Å². The summed E-state index contributed by atoms with van der Waals surface area (Å²) >= 11 is 0. The van der Waals surface area contributed by atoms with Crippen LogP contribution in [0.25, 0.3) is 0 Å². The van der Waals surface area contributed by atoms with Crippen molar-refractivity contribution in [3.63, 3.8) is 0 Å². The van der Waals surface area contributed by atoms with Crippen LogP contribution in [0.2, 0.25) is 0 Å². The van der Waals surface area contributed by atoms with Gasteiger partial charge in [0.2, 0.25) is 5.82 Å². The van der Waals surface area contributed by atoms with Gasteiger partial charge in [-0.15, -0.1) is 5.10 Å². The molecule has 0 aliphatic carbocycles. The number of aromatic nitrogens is 3. The fourth-order valence-corrected chi connectivity index (χ4v) is 2.16. The van der Waals surface area contributed by atoms with Crippen LogP contribution in [0.4, 0.5) is 0 Å². The minimum Gasteiger partial charge on any atom is -0.333 e. The van der Waals surface area contributed by atoms with Crippen molar-refractivity contribution in [3.05, 3.63) is 11.6 Å². The lowest BCUT2D eigenvalue weighted by molar-refractivity contribution is 0.0731. The molecule has 2 heterocycles. The number of nitrogens with two attached hydrogens (primary N) is 1. The van der Waals surface area contributed by atoms with E-state index in [0.29, 0.717) is 24.8 Å². The van der Waals surface area contributed by atoms with Crippen molar-refractivity contribution in [2.24, 2.45) is 11.7 Å². The van der Waals surface area contributed by atoms with E-state index in [1.165, 1.54) is 0 Å². The molecule has 0 saturated carbocycles. The molecule has 2 atom stereocenters. The first-order chi connectivity index (χ1) is 7.61. The molecule has 6 heteroatoms. The minimum atomic E-state index is -0.104. The molecule has 88 valence electrons. The molecule has 0 bridgehead atoms. The minimum absolute atomic E-state index is 0.104. The van der Waals surface area contributed by atoms with E-state index in [1.54, 1.807) is 11.8 Å². The van der Waals surface area contributed by atoms with Crippen LogP contribution in [0.1, 0.15) is 29.8 Å². The standard InChI is InChI=1S/C10H17N5O/c1-6-3-8(4-11)5-15(6)10(16)9-12-7(2)13-14-9/h6,8H,3-5,11H2,1-2H3,(H,12,13,14). The number of carbonyl (C=O) groups excluding carboxylic acids is 1. The van der Waals surface area contributed by atoms with Crippen molar-refractivity contribution in [3.8, 4) is 0 Å². The third-order valence-electron chi connectivity index (χ3n) is 3.04. The number of hydrogen-bond acceptors (Lipinski definition) is 4. The second kappa shape index (κ2) is 4.21. The van der Waals surface area contributed by atoms with E-state index < -0.39 is 0 Å². The molecule has 1 aromatic heterocycles. The van der Waals surface area contributed by atoms with Crippen LogP contribution in [0.5, 0.6) is 0 Å². The summed E-state index contributed by atoms with van der Waals surface area (Å²) in [6, 6.07) is 0.222. The van der Waals surface area contributed by atoms with E-state index >= 15 is 0 Å². The average Bonchev–Trinajstić information content (AvgIpc) is 2.83. The first-order valence-electron chi connectivity index (χ1n) is 5.52. The number of carbonyl (C=O) groups is 1. The van der Waals surface area contributed by atoms with Crippen molar-refractivity contribution in [2.45, 2.75) is 26.3 Å². The second-order valence-corrected chi connectivity index (χ2v) is 4.39. The van der Waals surface area contributed by atoms with E-state index in [4.69, 9.17) is 5.73 Å². The Morgan fingerprint density at radius 1 is 1.69 bits per heavy atom. The Morgan fingerprint density at radius 2 is 2.44 bits per heavy atom. The maximum Gasteiger partial charge on any atom is 0.293 e. The summed E-state index contributed by atoms with van der Waals surface area (Å²) in [6.45, 7) is 5.15. The zero-order valence-electron chi connectivity index (χ0n) is 9.60. The van der Waals surface area contributed by atoms with Crippen LogP contribution >= 0.6 is 0 Å². The van der Waals surface area contributed by atoms with Gasteiger partial charge >= 0.3 is 0 Å². The Hall–Kier alpha value is -1.43. The number of hydrogen-bond donors (Lipinski definition) is 2. The number of aromatic amines is 1. The Morgan fingerprint density at radius 3 is 2.94 bits per heavy atom. The van der Waals surface area contributed by atoms with Crippen LogP contribution < -0.4 is 5.73 Å². The third-order valence-corrected chi connectivity index (χ3v) is 3.04. The quantitative estimate of drug-likeness (QED) is 0.734. The maximum absolute atomic E-state index is 12.1. The lowest BCUT2D eigenvalue weighted by Gasteiger charge is -2.19. The van der Waals surface area contributed by atoms with Crippen molar-refractivity contribution in [1.82, 2.24) is 20.1 Å². The number of H-pyrrole nitrogens is 1. The summed E-state index contributed by atoms with van der Waals surface area (Å²) in [4.78, 5) is 17.9. The van der Waals surface area contributed by atoms with Crippen LogP contribution in [0.15, 0.2) is 0 Å². The molecule has 16 heavy (non-hydrogen) atoms. The summed E-state index contributed by atoms with van der Waals surface area (Å²) in [5.41, 5.74) is 5.63. The highest BCUT2D eigenvalue weighted by Gasteiger charge is 2.33. The highest BCUT2D eigenvalue weighted by Crippen LogP contribution is 2.23. The van der Waals surface area contributed by atoms with Gasteiger partial charge in [-0.25, -0.2) is 4.98 Å². The highest BCUT2D eigenvalue weighted by molar-refractivity contribution is 5.90. The number of likely N-dealkylation sites (tertiary alicyclic amines) is 1. The summed E-state index contributed by atoms with van der Waals surface area (Å²) in [5.74, 6) is 1.21. The lowest BCUT2D eigenvalue weighted by Crippen LogP contribution is -2.35. The molecule has 6 nitrogen and oxygen atoms in total. The van der Waals surface area contributed by atoms with Crippen LogP contribution in [0, 0.1) is 12.8 Å². The number of aryl methyl sites for hydroxylation is 1. The predicted molar refractivity (Wildman–Crippen MR) is 58.8 cm³/mol. The molecule has 2 rings (SSSR count). The topological polar surface area (TPSA) is 87.9 Å². The smallest absolute Gasteiger partial charge is 0.293 e. The average molecular weight is 223 g/mol. The zero-order valence-corrected chi connectivity index (χ0v) is 9.60. The van der Waals surface area contributed by atoms with Crippen LogP contribution in [-0.2, 0) is 0 Å². The van der Waals surface area contributed by atoms with Crippen LogP contribution in [-0.4, -0.2) is 45.1 Å². The molecule has 0 spiro atoms. The third kappa shape index (κ3) is 1.92. The van der Waals surface area contributed by atoms with Gasteiger partial charge in [-0.05, 0) is 32.7 Å². The summed E-state index contributed by atoms with van der Waals surface area (Å²) in [5, 5.41) is 6.57. The summed E-state index contributed by atoms with van der Waals surface area (Å²) in [7, 11) is 0. The molecule has 1 aliphatic heterocycles. The molecule has 0 radical (unpaired) electrons. The number of nitrogens with one attached hydrogen (secondary N) is 1. The fraction of sp³-hybridized carbons (Fsp3) is 0.700. The molecule has 1 aromatic rings. The van der Waals surface area contributed by atoms with Crippen molar-refractivity contribution in [2.75, 3.05) is 13.1 Å². The molecule has 1 saturated heterocycles. The molecule has 2 unspecified atom stereocenters. The number of nitrogens with zero attached hydrogens (tertiary/aromatic N) is 3. The molecule has 1 fully saturated rings. The first kappa shape index (κ1) is 11.1. The van der Waals surface area contributed by atoms with E-state index in [-0.39, 0.29) is 17.8 Å². The second-order valence-electron chi connectivity index (χ2n) is 4.39. The first-order valence-corrected chi connectivity index (χ1v) is 5.52. The maximum atomic E-state index is 12.1.